The highest BCUT2D eigenvalue weighted by atomic mass is 31.2. The van der Waals surface area contributed by atoms with Gasteiger partial charge in [0.05, 0.1) is 68.7 Å². The molecular formula is C12H19N3OP+. The van der Waals surface area contributed by atoms with Gasteiger partial charge in [-0.25, -0.2) is 0 Å². The first-order valence-electron chi connectivity index (χ1n) is 5.69. The van der Waals surface area contributed by atoms with Crippen LogP contribution in [0.2, 0.25) is 0 Å². The summed E-state index contributed by atoms with van der Waals surface area (Å²) in [5, 5.41) is 26.1. The summed E-state index contributed by atoms with van der Waals surface area (Å²) in [5.74, 6) is 0. The van der Waals surface area contributed by atoms with Crippen molar-refractivity contribution in [2.45, 2.75) is 19.3 Å². The van der Waals surface area contributed by atoms with Gasteiger partial charge in [-0.1, -0.05) is 0 Å². The van der Waals surface area contributed by atoms with Crippen LogP contribution in [0.5, 0.6) is 0 Å². The van der Waals surface area contributed by atoms with Crippen molar-refractivity contribution in [3.63, 3.8) is 0 Å². The summed E-state index contributed by atoms with van der Waals surface area (Å²) in [6, 6.07) is 6.52. The van der Waals surface area contributed by atoms with Crippen LogP contribution in [0, 0.1) is 34.0 Å². The fraction of sp³-hybridized carbons (Fsp3) is 0.750. The molecule has 0 aliphatic carbocycles. The summed E-state index contributed by atoms with van der Waals surface area (Å²) in [6.07, 6.45) is 5.06. The second-order valence-corrected chi connectivity index (χ2v) is 8.43. The molecule has 0 aliphatic rings. The Morgan fingerprint density at radius 3 is 1.53 bits per heavy atom. The first kappa shape index (κ1) is 15.9. The van der Waals surface area contributed by atoms with Crippen molar-refractivity contribution in [2.75, 3.05) is 38.4 Å². The van der Waals surface area contributed by atoms with E-state index in [0.717, 1.165) is 24.6 Å². The molecule has 0 amide bonds. The van der Waals surface area contributed by atoms with Gasteiger partial charge in [0, 0.05) is 14.4 Å². The number of hydrogen-bond donors (Lipinski definition) is 0. The van der Waals surface area contributed by atoms with E-state index in [1.54, 1.807) is 7.11 Å². The average Bonchev–Trinajstić information content (AvgIpc) is 2.37. The van der Waals surface area contributed by atoms with Crippen LogP contribution in [-0.2, 0) is 4.74 Å². The van der Waals surface area contributed by atoms with Crippen LogP contribution in [-0.4, -0.2) is 38.4 Å². The van der Waals surface area contributed by atoms with Gasteiger partial charge in [-0.05, 0) is 0 Å². The quantitative estimate of drug-likeness (QED) is 0.590. The third kappa shape index (κ3) is 6.91. The highest BCUT2D eigenvalue weighted by Gasteiger charge is 2.35. The lowest BCUT2D eigenvalue weighted by atomic mass is 10.5. The molecule has 0 radical (unpaired) electrons. The van der Waals surface area contributed by atoms with Crippen molar-refractivity contribution >= 4 is 7.26 Å². The molecule has 0 aliphatic heterocycles. The van der Waals surface area contributed by atoms with Gasteiger partial charge in [0.25, 0.3) is 0 Å². The molecule has 0 heterocycles. The lowest BCUT2D eigenvalue weighted by molar-refractivity contribution is 0.217. The molecule has 4 nitrogen and oxygen atoms in total. The van der Waals surface area contributed by atoms with Crippen molar-refractivity contribution in [1.82, 2.24) is 0 Å². The Bertz CT molecular complexity index is 279. The number of nitrogens with zero attached hydrogens (tertiary/aromatic N) is 3. The number of ether oxygens (including phenoxy) is 1. The van der Waals surface area contributed by atoms with Crippen LogP contribution in [0.25, 0.3) is 0 Å². The fourth-order valence-corrected chi connectivity index (χ4v) is 5.45. The van der Waals surface area contributed by atoms with Crippen LogP contribution < -0.4 is 0 Å². The van der Waals surface area contributed by atoms with Crippen LogP contribution in [0.15, 0.2) is 0 Å². The molecule has 0 aromatic carbocycles. The maximum absolute atomic E-state index is 8.71. The van der Waals surface area contributed by atoms with E-state index in [1.165, 1.54) is 0 Å². The summed E-state index contributed by atoms with van der Waals surface area (Å²) >= 11 is 0. The van der Waals surface area contributed by atoms with E-state index in [4.69, 9.17) is 20.5 Å². The summed E-state index contributed by atoms with van der Waals surface area (Å²) < 4.78 is 5.12. The van der Waals surface area contributed by atoms with E-state index in [-0.39, 0.29) is 0 Å². The maximum Gasteiger partial charge on any atom is 0.0829 e. The summed E-state index contributed by atoms with van der Waals surface area (Å²) in [4.78, 5) is 0. The van der Waals surface area contributed by atoms with Gasteiger partial charge < -0.3 is 4.74 Å². The largest absolute Gasteiger partial charge is 0.381 e. The van der Waals surface area contributed by atoms with Gasteiger partial charge in [-0.3, -0.25) is 0 Å². The Hall–Kier alpha value is -1.14. The molecular weight excluding hydrogens is 233 g/mol. The zero-order valence-corrected chi connectivity index (χ0v) is 11.2. The minimum Gasteiger partial charge on any atom is -0.381 e. The van der Waals surface area contributed by atoms with Crippen molar-refractivity contribution in [1.29, 1.82) is 15.8 Å². The van der Waals surface area contributed by atoms with Gasteiger partial charge in [-0.15, -0.1) is 0 Å². The highest BCUT2D eigenvalue weighted by molar-refractivity contribution is 7.75. The molecule has 0 unspecified atom stereocenters. The average molecular weight is 252 g/mol. The molecule has 0 bridgehead atoms. The predicted molar refractivity (Wildman–Crippen MR) is 69.0 cm³/mol. The second-order valence-electron chi connectivity index (χ2n) is 3.95. The van der Waals surface area contributed by atoms with E-state index < -0.39 is 7.26 Å². The van der Waals surface area contributed by atoms with Gasteiger partial charge in [0.1, 0.15) is 0 Å². The molecule has 5 heteroatoms. The van der Waals surface area contributed by atoms with Gasteiger partial charge in [-0.2, -0.15) is 15.8 Å². The third-order valence-corrected chi connectivity index (χ3v) is 7.51. The first-order valence-corrected chi connectivity index (χ1v) is 8.22. The number of methoxy groups -OCH3 is 1. The van der Waals surface area contributed by atoms with E-state index in [0.29, 0.717) is 25.9 Å². The maximum atomic E-state index is 8.71. The normalized spacial score (nSPS) is 10.2. The van der Waals surface area contributed by atoms with Gasteiger partial charge in [0.15, 0.2) is 0 Å². The summed E-state index contributed by atoms with van der Waals surface area (Å²) in [5.41, 5.74) is 0. The standard InChI is InChI=1S/C12H19N3OP/c1-16-8-12-17(9-2-5-13,10-3-6-14)11-4-7-15/h2-4,8-12H2,1H3/q+1. The highest BCUT2D eigenvalue weighted by Crippen LogP contribution is 2.59. The van der Waals surface area contributed by atoms with Crippen LogP contribution in [0.4, 0.5) is 0 Å². The number of rotatable bonds is 9. The van der Waals surface area contributed by atoms with Crippen molar-refractivity contribution < 1.29 is 4.74 Å². The molecule has 0 aromatic rings. The second kappa shape index (κ2) is 10.0. The molecule has 0 rings (SSSR count). The smallest absolute Gasteiger partial charge is 0.0829 e. The topological polar surface area (TPSA) is 80.6 Å². The number of nitriles is 3. The molecule has 17 heavy (non-hydrogen) atoms. The Balaban J connectivity index is 4.60. The summed E-state index contributed by atoms with van der Waals surface area (Å²) in [7, 11) is 0.306. The van der Waals surface area contributed by atoms with Gasteiger partial charge >= 0.3 is 0 Å². The van der Waals surface area contributed by atoms with Crippen molar-refractivity contribution in [3.05, 3.63) is 0 Å². The lowest BCUT2D eigenvalue weighted by Crippen LogP contribution is -2.15. The predicted octanol–water partition coefficient (Wildman–Crippen LogP) is 2.39. The Kier molecular flexibility index (Phi) is 9.37. The lowest BCUT2D eigenvalue weighted by Gasteiger charge is -2.25. The molecule has 0 aromatic heterocycles. The van der Waals surface area contributed by atoms with Crippen LogP contribution in [0.3, 0.4) is 0 Å². The van der Waals surface area contributed by atoms with Gasteiger partial charge in [0.2, 0.25) is 0 Å². The van der Waals surface area contributed by atoms with E-state index in [1.807, 2.05) is 0 Å². The van der Waals surface area contributed by atoms with E-state index in [9.17, 15) is 0 Å². The zero-order chi connectivity index (χ0) is 13.0. The Morgan fingerprint density at radius 1 is 0.824 bits per heavy atom. The minimum atomic E-state index is -1.35. The van der Waals surface area contributed by atoms with E-state index in [2.05, 4.69) is 18.2 Å². The minimum absolute atomic E-state index is 0.522. The van der Waals surface area contributed by atoms with Crippen LogP contribution in [0.1, 0.15) is 19.3 Å². The molecule has 0 fully saturated rings. The van der Waals surface area contributed by atoms with Crippen LogP contribution >= 0.6 is 7.26 Å². The number of hydrogen-bond acceptors (Lipinski definition) is 4. The fourth-order valence-electron chi connectivity index (χ4n) is 1.82. The molecule has 92 valence electrons. The van der Waals surface area contributed by atoms with Crippen molar-refractivity contribution in [3.8, 4) is 18.2 Å². The van der Waals surface area contributed by atoms with E-state index >= 15 is 0 Å². The van der Waals surface area contributed by atoms with Crippen molar-refractivity contribution in [2.24, 2.45) is 0 Å². The zero-order valence-electron chi connectivity index (χ0n) is 10.4. The molecule has 0 atom stereocenters. The summed E-state index contributed by atoms with van der Waals surface area (Å²) in [6.45, 7) is 0.663. The molecule has 0 saturated heterocycles. The Morgan fingerprint density at radius 2 is 1.24 bits per heavy atom. The molecule has 0 spiro atoms. The first-order chi connectivity index (χ1) is 8.24. The SMILES string of the molecule is COCC[P+](CCC#N)(CCC#N)CCC#N. The Labute approximate surface area is 104 Å². The monoisotopic (exact) mass is 252 g/mol. The third-order valence-electron chi connectivity index (χ3n) is 2.86. The molecule has 0 N–H and O–H groups in total. The molecule has 0 saturated carbocycles.